The molecule has 2 unspecified atom stereocenters. The summed E-state index contributed by atoms with van der Waals surface area (Å²) in [4.78, 5) is 50.8. The number of thiol groups is 1. The number of rotatable bonds is 9. The summed E-state index contributed by atoms with van der Waals surface area (Å²) in [7, 11) is 1.15. The van der Waals surface area contributed by atoms with Crippen LogP contribution in [0.3, 0.4) is 0 Å². The number of alkyl carbamates (subject to hydrolysis) is 1. The molecule has 33 heavy (non-hydrogen) atoms. The number of amides is 3. The van der Waals surface area contributed by atoms with E-state index in [0.29, 0.717) is 0 Å². The molecule has 3 N–H and O–H groups in total. The number of methoxy groups -OCH3 is 1. The van der Waals surface area contributed by atoms with Crippen LogP contribution in [0, 0.1) is 11.3 Å². The summed E-state index contributed by atoms with van der Waals surface area (Å²) in [6.07, 6.45) is -0.879. The van der Waals surface area contributed by atoms with Gasteiger partial charge in [0.2, 0.25) is 11.8 Å². The van der Waals surface area contributed by atoms with Gasteiger partial charge in [0.1, 0.15) is 36.5 Å². The van der Waals surface area contributed by atoms with Gasteiger partial charge in [0.15, 0.2) is 0 Å². The van der Waals surface area contributed by atoms with Crippen LogP contribution in [0.4, 0.5) is 4.79 Å². The maximum atomic E-state index is 13.3. The molecule has 1 aromatic rings. The van der Waals surface area contributed by atoms with Crippen molar-refractivity contribution >= 4 is 36.5 Å². The standard InChI is InChI=1S/C21H28N4O7S/c1-21(2,3)32-20(30)24-15(12-33)19(29)25(9-8-22)17(13-6-5-7-14(26)10-13)18(28)23-11-16(27)31-4/h5-7,10,15,17,26,33H,9,11-12H2,1-4H3,(H,23,28)(H,24,30). The van der Waals surface area contributed by atoms with Crippen LogP contribution < -0.4 is 10.6 Å². The average Bonchev–Trinajstić information content (AvgIpc) is 2.73. The van der Waals surface area contributed by atoms with Crippen molar-refractivity contribution in [1.82, 2.24) is 15.5 Å². The maximum Gasteiger partial charge on any atom is 0.408 e. The fraction of sp³-hybridized carbons (Fsp3) is 0.476. The number of aromatic hydroxyl groups is 1. The Morgan fingerprint density at radius 3 is 2.45 bits per heavy atom. The first-order valence-electron chi connectivity index (χ1n) is 9.84. The Labute approximate surface area is 197 Å². The third-order valence-corrected chi connectivity index (χ3v) is 4.44. The predicted octanol–water partition coefficient (Wildman–Crippen LogP) is 0.898. The quantitative estimate of drug-likeness (QED) is 0.231. The normalized spacial score (nSPS) is 12.5. The highest BCUT2D eigenvalue weighted by Gasteiger charge is 2.36. The topological polar surface area (TPSA) is 158 Å². The number of carbonyl (C=O) groups is 4. The summed E-state index contributed by atoms with van der Waals surface area (Å²) in [6, 6.07) is 4.71. The highest BCUT2D eigenvalue weighted by atomic mass is 32.1. The maximum absolute atomic E-state index is 13.3. The summed E-state index contributed by atoms with van der Waals surface area (Å²) < 4.78 is 9.66. The van der Waals surface area contributed by atoms with Gasteiger partial charge in [-0.15, -0.1) is 0 Å². The summed E-state index contributed by atoms with van der Waals surface area (Å²) >= 11 is 4.11. The van der Waals surface area contributed by atoms with Crippen LogP contribution in [-0.2, 0) is 23.9 Å². The molecule has 1 aromatic carbocycles. The number of nitriles is 1. The first kappa shape index (κ1) is 27.6. The number of ether oxygens (including phenoxy) is 2. The zero-order valence-electron chi connectivity index (χ0n) is 18.8. The molecule has 0 aliphatic rings. The number of carbonyl (C=O) groups excluding carboxylic acids is 4. The third kappa shape index (κ3) is 8.89. The van der Waals surface area contributed by atoms with E-state index >= 15 is 0 Å². The molecule has 0 aromatic heterocycles. The Hall–Kier alpha value is -3.46. The second kappa shape index (κ2) is 12.5. The summed E-state index contributed by atoms with van der Waals surface area (Å²) in [5.74, 6) is -2.66. The Bertz CT molecular complexity index is 911. The molecule has 3 amide bonds. The van der Waals surface area contributed by atoms with Gasteiger partial charge in [0, 0.05) is 5.75 Å². The van der Waals surface area contributed by atoms with Crippen molar-refractivity contribution in [2.75, 3.05) is 26.0 Å². The smallest absolute Gasteiger partial charge is 0.408 e. The second-order valence-electron chi connectivity index (χ2n) is 7.80. The number of hydrogen-bond acceptors (Lipinski definition) is 9. The van der Waals surface area contributed by atoms with Gasteiger partial charge in [-0.1, -0.05) is 12.1 Å². The molecule has 0 spiro atoms. The molecule has 0 fully saturated rings. The molecule has 0 bridgehead atoms. The van der Waals surface area contributed by atoms with Crippen LogP contribution in [0.1, 0.15) is 32.4 Å². The predicted molar refractivity (Wildman–Crippen MR) is 120 cm³/mol. The van der Waals surface area contributed by atoms with Crippen LogP contribution >= 0.6 is 12.6 Å². The van der Waals surface area contributed by atoms with Gasteiger partial charge in [0.25, 0.3) is 0 Å². The minimum atomic E-state index is -1.41. The molecule has 2 atom stereocenters. The zero-order chi connectivity index (χ0) is 25.2. The van der Waals surface area contributed by atoms with Crippen molar-refractivity contribution in [3.63, 3.8) is 0 Å². The zero-order valence-corrected chi connectivity index (χ0v) is 19.7. The van der Waals surface area contributed by atoms with E-state index in [4.69, 9.17) is 4.74 Å². The lowest BCUT2D eigenvalue weighted by molar-refractivity contribution is -0.144. The molecular weight excluding hydrogens is 452 g/mol. The molecule has 0 saturated carbocycles. The van der Waals surface area contributed by atoms with Crippen molar-refractivity contribution in [3.05, 3.63) is 29.8 Å². The largest absolute Gasteiger partial charge is 0.508 e. The van der Waals surface area contributed by atoms with E-state index < -0.39 is 54.7 Å². The van der Waals surface area contributed by atoms with Gasteiger partial charge in [-0.2, -0.15) is 17.9 Å². The van der Waals surface area contributed by atoms with Crippen LogP contribution in [0.5, 0.6) is 5.75 Å². The Morgan fingerprint density at radius 2 is 1.94 bits per heavy atom. The van der Waals surface area contributed by atoms with Crippen molar-refractivity contribution in [3.8, 4) is 11.8 Å². The van der Waals surface area contributed by atoms with E-state index in [0.717, 1.165) is 12.0 Å². The SMILES string of the molecule is COC(=O)CNC(=O)C(c1cccc(O)c1)N(CC#N)C(=O)C(CS)NC(=O)OC(C)(C)C. The summed E-state index contributed by atoms with van der Waals surface area (Å²) in [5, 5.41) is 23.9. The fourth-order valence-corrected chi connectivity index (χ4v) is 2.95. The molecule has 0 saturated heterocycles. The highest BCUT2D eigenvalue weighted by molar-refractivity contribution is 7.80. The van der Waals surface area contributed by atoms with Crippen LogP contribution in [0.15, 0.2) is 24.3 Å². The van der Waals surface area contributed by atoms with E-state index in [1.165, 1.54) is 24.3 Å². The van der Waals surface area contributed by atoms with Gasteiger partial charge in [0.05, 0.1) is 13.2 Å². The molecule has 11 nitrogen and oxygen atoms in total. The third-order valence-electron chi connectivity index (χ3n) is 4.08. The van der Waals surface area contributed by atoms with E-state index in [1.54, 1.807) is 20.8 Å². The Balaban J connectivity index is 3.31. The molecular formula is C21H28N4O7S. The van der Waals surface area contributed by atoms with Crippen LogP contribution in [0.2, 0.25) is 0 Å². The van der Waals surface area contributed by atoms with Crippen molar-refractivity contribution < 1.29 is 33.8 Å². The van der Waals surface area contributed by atoms with E-state index in [2.05, 4.69) is 28.0 Å². The first-order chi connectivity index (χ1) is 15.4. The fourth-order valence-electron chi connectivity index (χ4n) is 2.70. The van der Waals surface area contributed by atoms with Crippen LogP contribution in [-0.4, -0.2) is 71.5 Å². The van der Waals surface area contributed by atoms with Gasteiger partial charge in [-0.3, -0.25) is 14.4 Å². The van der Waals surface area contributed by atoms with Crippen molar-refractivity contribution in [2.45, 2.75) is 38.5 Å². The highest BCUT2D eigenvalue weighted by Crippen LogP contribution is 2.25. The lowest BCUT2D eigenvalue weighted by Crippen LogP contribution is -2.54. The van der Waals surface area contributed by atoms with E-state index in [1.807, 2.05) is 6.07 Å². The van der Waals surface area contributed by atoms with Gasteiger partial charge in [-0.25, -0.2) is 4.79 Å². The molecule has 180 valence electrons. The molecule has 0 radical (unpaired) electrons. The minimum Gasteiger partial charge on any atom is -0.508 e. The number of nitrogens with one attached hydrogen (secondary N) is 2. The average molecular weight is 481 g/mol. The minimum absolute atomic E-state index is 0.156. The molecule has 1 rings (SSSR count). The Kier molecular flexibility index (Phi) is 10.5. The summed E-state index contributed by atoms with van der Waals surface area (Å²) in [5.41, 5.74) is -0.644. The number of esters is 1. The second-order valence-corrected chi connectivity index (χ2v) is 8.16. The lowest BCUT2D eigenvalue weighted by Gasteiger charge is -2.32. The van der Waals surface area contributed by atoms with E-state index in [9.17, 15) is 29.5 Å². The molecule has 0 aliphatic carbocycles. The van der Waals surface area contributed by atoms with E-state index in [-0.39, 0.29) is 17.1 Å². The van der Waals surface area contributed by atoms with Crippen LogP contribution in [0.25, 0.3) is 0 Å². The first-order valence-corrected chi connectivity index (χ1v) is 10.5. The monoisotopic (exact) mass is 480 g/mol. The Morgan fingerprint density at radius 1 is 1.27 bits per heavy atom. The number of phenolic OH excluding ortho intramolecular Hbond substituents is 1. The number of nitrogens with zero attached hydrogens (tertiary/aromatic N) is 2. The van der Waals surface area contributed by atoms with Gasteiger partial charge >= 0.3 is 12.1 Å². The van der Waals surface area contributed by atoms with Crippen molar-refractivity contribution in [1.29, 1.82) is 5.26 Å². The number of hydrogen-bond donors (Lipinski definition) is 4. The van der Waals surface area contributed by atoms with Crippen molar-refractivity contribution in [2.24, 2.45) is 0 Å². The lowest BCUT2D eigenvalue weighted by atomic mass is 10.0. The number of benzene rings is 1. The van der Waals surface area contributed by atoms with Gasteiger partial charge < -0.3 is 30.1 Å². The molecule has 0 heterocycles. The molecule has 0 aliphatic heterocycles. The number of phenols is 1. The molecule has 12 heteroatoms. The van der Waals surface area contributed by atoms with Gasteiger partial charge in [-0.05, 0) is 38.5 Å². The summed E-state index contributed by atoms with van der Waals surface area (Å²) in [6.45, 7) is 3.93.